The Kier molecular flexibility index (Phi) is 7.83. The number of para-hydroxylation sites is 1. The number of benzene rings is 3. The second-order valence-electron chi connectivity index (χ2n) is 8.98. The zero-order valence-electron chi connectivity index (χ0n) is 20.4. The van der Waals surface area contributed by atoms with E-state index in [9.17, 15) is 19.7 Å². The van der Waals surface area contributed by atoms with Crippen molar-refractivity contribution < 1.29 is 28.7 Å². The molecule has 1 aliphatic rings. The molecule has 2 N–H and O–H groups in total. The molecule has 0 saturated heterocycles. The highest BCUT2D eigenvalue weighted by Crippen LogP contribution is 2.43. The lowest BCUT2D eigenvalue weighted by Crippen LogP contribution is -2.53. The number of non-ortho nitro benzene ring substituents is 1. The number of nitrogens with two attached hydrogens (primary N) is 1. The van der Waals surface area contributed by atoms with Crippen LogP contribution in [0.3, 0.4) is 0 Å². The molecule has 192 valence electrons. The van der Waals surface area contributed by atoms with Gasteiger partial charge in [-0.15, -0.1) is 0 Å². The minimum atomic E-state index is -0.888. The molecule has 1 unspecified atom stereocenters. The highest BCUT2D eigenvalue weighted by Gasteiger charge is 2.46. The fourth-order valence-electron chi connectivity index (χ4n) is 4.93. The molecule has 0 heterocycles. The van der Waals surface area contributed by atoms with Crippen LogP contribution in [0.4, 0.5) is 10.5 Å². The third-order valence-corrected chi connectivity index (χ3v) is 6.94. The van der Waals surface area contributed by atoms with Gasteiger partial charge in [0.2, 0.25) is 0 Å². The minimum absolute atomic E-state index is 0.107. The summed E-state index contributed by atoms with van der Waals surface area (Å²) in [4.78, 5) is 36.2. The van der Waals surface area contributed by atoms with Crippen LogP contribution in [0, 0.1) is 10.1 Å². The first-order valence-corrected chi connectivity index (χ1v) is 12.0. The third-order valence-electron chi connectivity index (χ3n) is 6.94. The standard InChI is InChI=1S/C28H28N2O7/c1-35-24-10-6-5-9-23(24)25(31)26(29)28(19-7-3-2-4-8-19)17-15-22(16-18-28)37-27(32)36-21-13-11-20(12-14-21)30(33)34/h2-14,22,26H,15-18,29H2,1H3. The number of nitro groups is 1. The van der Waals surface area contributed by atoms with Crippen molar-refractivity contribution in [2.75, 3.05) is 7.11 Å². The van der Waals surface area contributed by atoms with Crippen LogP contribution in [0.15, 0.2) is 78.9 Å². The van der Waals surface area contributed by atoms with E-state index >= 15 is 0 Å². The molecule has 0 radical (unpaired) electrons. The van der Waals surface area contributed by atoms with Crippen LogP contribution in [0.2, 0.25) is 0 Å². The van der Waals surface area contributed by atoms with Crippen LogP contribution in [0.1, 0.15) is 41.6 Å². The lowest BCUT2D eigenvalue weighted by molar-refractivity contribution is -0.384. The number of hydrogen-bond donors (Lipinski definition) is 1. The summed E-state index contributed by atoms with van der Waals surface area (Å²) in [6, 6.07) is 21.0. The average molecular weight is 505 g/mol. The van der Waals surface area contributed by atoms with Crippen molar-refractivity contribution in [3.05, 3.63) is 100 Å². The summed E-state index contributed by atoms with van der Waals surface area (Å²) in [5.41, 5.74) is 7.34. The van der Waals surface area contributed by atoms with E-state index in [0.717, 1.165) is 5.56 Å². The van der Waals surface area contributed by atoms with Gasteiger partial charge < -0.3 is 19.9 Å². The number of carbonyl (C=O) groups is 2. The van der Waals surface area contributed by atoms with Crippen LogP contribution >= 0.6 is 0 Å². The molecule has 0 amide bonds. The molecule has 9 nitrogen and oxygen atoms in total. The van der Waals surface area contributed by atoms with Gasteiger partial charge in [0.15, 0.2) is 5.78 Å². The second kappa shape index (κ2) is 11.2. The Balaban J connectivity index is 1.47. The van der Waals surface area contributed by atoms with Gasteiger partial charge in [-0.2, -0.15) is 0 Å². The normalized spacial score (nSPS) is 19.9. The predicted octanol–water partition coefficient (Wildman–Crippen LogP) is 5.21. The zero-order chi connectivity index (χ0) is 26.4. The zero-order valence-corrected chi connectivity index (χ0v) is 20.4. The minimum Gasteiger partial charge on any atom is -0.496 e. The SMILES string of the molecule is COc1ccccc1C(=O)C(N)C1(c2ccccc2)CCC(OC(=O)Oc2ccc([N+](=O)[O-])cc2)CC1. The molecular weight excluding hydrogens is 476 g/mol. The lowest BCUT2D eigenvalue weighted by Gasteiger charge is -2.43. The molecule has 0 spiro atoms. The molecule has 3 aromatic rings. The maximum Gasteiger partial charge on any atom is 0.514 e. The van der Waals surface area contributed by atoms with E-state index in [1.165, 1.54) is 31.4 Å². The Morgan fingerprint density at radius 1 is 0.973 bits per heavy atom. The summed E-state index contributed by atoms with van der Waals surface area (Å²) in [6.07, 6.45) is 0.702. The molecule has 1 fully saturated rings. The van der Waals surface area contributed by atoms with Gasteiger partial charge in [0.05, 0.1) is 23.6 Å². The van der Waals surface area contributed by atoms with Crippen molar-refractivity contribution in [1.29, 1.82) is 0 Å². The molecule has 0 bridgehead atoms. The Bertz CT molecular complexity index is 1250. The second-order valence-corrected chi connectivity index (χ2v) is 8.98. The molecule has 1 atom stereocenters. The van der Waals surface area contributed by atoms with Gasteiger partial charge in [-0.3, -0.25) is 14.9 Å². The van der Waals surface area contributed by atoms with Gasteiger partial charge in [-0.05, 0) is 55.5 Å². The topological polar surface area (TPSA) is 131 Å². The van der Waals surface area contributed by atoms with Crippen LogP contribution in [-0.2, 0) is 10.2 Å². The smallest absolute Gasteiger partial charge is 0.496 e. The Morgan fingerprint density at radius 3 is 2.22 bits per heavy atom. The van der Waals surface area contributed by atoms with Crippen LogP contribution < -0.4 is 15.2 Å². The summed E-state index contributed by atoms with van der Waals surface area (Å²) in [5.74, 6) is 0.407. The predicted molar refractivity (Wildman–Crippen MR) is 136 cm³/mol. The maximum atomic E-state index is 13.6. The van der Waals surface area contributed by atoms with E-state index in [-0.39, 0.29) is 17.2 Å². The summed E-state index contributed by atoms with van der Waals surface area (Å²) >= 11 is 0. The summed E-state index contributed by atoms with van der Waals surface area (Å²) in [6.45, 7) is 0. The maximum absolute atomic E-state index is 13.6. The van der Waals surface area contributed by atoms with Crippen molar-refractivity contribution in [2.45, 2.75) is 43.2 Å². The largest absolute Gasteiger partial charge is 0.514 e. The van der Waals surface area contributed by atoms with Gasteiger partial charge >= 0.3 is 6.16 Å². The highest BCUT2D eigenvalue weighted by molar-refractivity contribution is 6.03. The third kappa shape index (κ3) is 5.62. The van der Waals surface area contributed by atoms with Crippen molar-refractivity contribution in [1.82, 2.24) is 0 Å². The summed E-state index contributed by atoms with van der Waals surface area (Å²) in [5, 5.41) is 10.8. The number of hydrogen-bond acceptors (Lipinski definition) is 8. The monoisotopic (exact) mass is 504 g/mol. The average Bonchev–Trinajstić information content (AvgIpc) is 2.93. The van der Waals surface area contributed by atoms with Gasteiger partial charge in [0.1, 0.15) is 17.6 Å². The van der Waals surface area contributed by atoms with Gasteiger partial charge in [0.25, 0.3) is 5.69 Å². The quantitative estimate of drug-likeness (QED) is 0.145. The molecule has 3 aromatic carbocycles. The van der Waals surface area contributed by atoms with Gasteiger partial charge in [-0.1, -0.05) is 42.5 Å². The summed E-state index contributed by atoms with van der Waals surface area (Å²) < 4.78 is 16.1. The van der Waals surface area contributed by atoms with Gasteiger partial charge in [-0.25, -0.2) is 4.79 Å². The number of ketones is 1. The van der Waals surface area contributed by atoms with E-state index in [1.807, 2.05) is 30.3 Å². The van der Waals surface area contributed by atoms with E-state index in [2.05, 4.69) is 0 Å². The van der Waals surface area contributed by atoms with Gasteiger partial charge in [0, 0.05) is 17.5 Å². The molecule has 0 aromatic heterocycles. The van der Waals surface area contributed by atoms with Crippen molar-refractivity contribution in [3.8, 4) is 11.5 Å². The fraction of sp³-hybridized carbons (Fsp3) is 0.286. The first-order valence-electron chi connectivity index (χ1n) is 12.0. The number of rotatable bonds is 8. The van der Waals surface area contributed by atoms with Crippen molar-refractivity contribution >= 4 is 17.6 Å². The number of nitro benzene ring substituents is 1. The number of nitrogens with zero attached hydrogens (tertiary/aromatic N) is 1. The fourth-order valence-corrected chi connectivity index (χ4v) is 4.93. The Morgan fingerprint density at radius 2 is 1.59 bits per heavy atom. The van der Waals surface area contributed by atoms with Crippen LogP contribution in [0.5, 0.6) is 11.5 Å². The lowest BCUT2D eigenvalue weighted by atomic mass is 9.63. The summed E-state index contributed by atoms with van der Waals surface area (Å²) in [7, 11) is 1.52. The van der Waals surface area contributed by atoms with E-state index in [1.54, 1.807) is 24.3 Å². The number of carbonyl (C=O) groups excluding carboxylic acids is 2. The van der Waals surface area contributed by atoms with E-state index in [4.69, 9.17) is 19.9 Å². The molecule has 1 aliphatic carbocycles. The Hall–Kier alpha value is -4.24. The molecule has 9 heteroatoms. The Labute approximate surface area is 214 Å². The molecule has 37 heavy (non-hydrogen) atoms. The van der Waals surface area contributed by atoms with Crippen molar-refractivity contribution in [3.63, 3.8) is 0 Å². The van der Waals surface area contributed by atoms with E-state index < -0.39 is 28.6 Å². The number of Topliss-reactive ketones (excluding diaryl/α,β-unsaturated/α-hetero) is 1. The molecule has 1 saturated carbocycles. The molecular formula is C28H28N2O7. The number of methoxy groups -OCH3 is 1. The number of ether oxygens (including phenoxy) is 3. The highest BCUT2D eigenvalue weighted by atomic mass is 16.7. The molecule has 4 rings (SSSR count). The first-order chi connectivity index (χ1) is 17.8. The van der Waals surface area contributed by atoms with Crippen molar-refractivity contribution in [2.24, 2.45) is 5.73 Å². The van der Waals surface area contributed by atoms with E-state index in [0.29, 0.717) is 37.0 Å². The van der Waals surface area contributed by atoms with Crippen LogP contribution in [-0.4, -0.2) is 36.1 Å². The van der Waals surface area contributed by atoms with Crippen LogP contribution in [0.25, 0.3) is 0 Å². The first kappa shape index (κ1) is 25.8. The molecule has 0 aliphatic heterocycles.